The molecule has 2 aliphatic rings. The standard InChI is InChI=1S/C15H22N2O4/c1-19-15(18)12-4-2-11(3-5-12)14-16-13(17-21-14)8-10-6-7-20-9-10/h10-12H,2-9H2,1H3. The number of carbonyl (C=O) groups excluding carboxylic acids is 1. The molecule has 6 heteroatoms. The molecule has 0 amide bonds. The van der Waals surface area contributed by atoms with Crippen LogP contribution < -0.4 is 0 Å². The summed E-state index contributed by atoms with van der Waals surface area (Å²) in [6.07, 6.45) is 5.41. The van der Waals surface area contributed by atoms with Crippen LogP contribution in [-0.4, -0.2) is 36.4 Å². The summed E-state index contributed by atoms with van der Waals surface area (Å²) in [5.41, 5.74) is 0. The van der Waals surface area contributed by atoms with Crippen molar-refractivity contribution < 1.29 is 18.8 Å². The van der Waals surface area contributed by atoms with E-state index in [1.54, 1.807) is 0 Å². The maximum absolute atomic E-state index is 11.5. The second-order valence-electron chi connectivity index (χ2n) is 6.05. The molecule has 1 atom stereocenters. The van der Waals surface area contributed by atoms with Gasteiger partial charge in [0.1, 0.15) is 0 Å². The van der Waals surface area contributed by atoms with Crippen molar-refractivity contribution in [1.29, 1.82) is 0 Å². The maximum Gasteiger partial charge on any atom is 0.308 e. The number of rotatable bonds is 4. The third kappa shape index (κ3) is 3.43. The summed E-state index contributed by atoms with van der Waals surface area (Å²) >= 11 is 0. The van der Waals surface area contributed by atoms with Crippen LogP contribution in [0.3, 0.4) is 0 Å². The van der Waals surface area contributed by atoms with Gasteiger partial charge in [-0.15, -0.1) is 0 Å². The van der Waals surface area contributed by atoms with Crippen LogP contribution in [0, 0.1) is 11.8 Å². The molecule has 2 heterocycles. The Hall–Kier alpha value is -1.43. The molecule has 0 spiro atoms. The van der Waals surface area contributed by atoms with Crippen molar-refractivity contribution in [1.82, 2.24) is 10.1 Å². The Morgan fingerprint density at radius 1 is 1.29 bits per heavy atom. The predicted molar refractivity (Wildman–Crippen MR) is 73.6 cm³/mol. The number of hydrogen-bond acceptors (Lipinski definition) is 6. The largest absolute Gasteiger partial charge is 0.469 e. The molecule has 1 unspecified atom stereocenters. The summed E-state index contributed by atoms with van der Waals surface area (Å²) in [5.74, 6) is 2.26. The van der Waals surface area contributed by atoms with Crippen molar-refractivity contribution in [3.63, 3.8) is 0 Å². The van der Waals surface area contributed by atoms with Gasteiger partial charge in [-0.1, -0.05) is 5.16 Å². The highest BCUT2D eigenvalue weighted by Gasteiger charge is 2.30. The highest BCUT2D eigenvalue weighted by molar-refractivity contribution is 5.72. The Morgan fingerprint density at radius 2 is 2.10 bits per heavy atom. The third-order valence-corrected chi connectivity index (χ3v) is 4.59. The highest BCUT2D eigenvalue weighted by Crippen LogP contribution is 2.35. The third-order valence-electron chi connectivity index (χ3n) is 4.59. The number of hydrogen-bond donors (Lipinski definition) is 0. The lowest BCUT2D eigenvalue weighted by Crippen LogP contribution is -2.22. The number of aromatic nitrogens is 2. The van der Waals surface area contributed by atoms with Gasteiger partial charge >= 0.3 is 5.97 Å². The number of methoxy groups -OCH3 is 1. The van der Waals surface area contributed by atoms with E-state index in [0.29, 0.717) is 5.92 Å². The first-order valence-electron chi connectivity index (χ1n) is 7.74. The number of carbonyl (C=O) groups is 1. The van der Waals surface area contributed by atoms with Crippen LogP contribution in [0.25, 0.3) is 0 Å². The van der Waals surface area contributed by atoms with E-state index in [4.69, 9.17) is 14.0 Å². The molecule has 3 rings (SSSR count). The average Bonchev–Trinajstić information content (AvgIpc) is 3.19. The molecular weight excluding hydrogens is 272 g/mol. The fraction of sp³-hybridized carbons (Fsp3) is 0.800. The van der Waals surface area contributed by atoms with Crippen LogP contribution in [0.2, 0.25) is 0 Å². The molecular formula is C15H22N2O4. The second kappa shape index (κ2) is 6.56. The lowest BCUT2D eigenvalue weighted by molar-refractivity contribution is -0.146. The van der Waals surface area contributed by atoms with Crippen LogP contribution in [0.1, 0.15) is 49.7 Å². The second-order valence-corrected chi connectivity index (χ2v) is 6.05. The van der Waals surface area contributed by atoms with E-state index >= 15 is 0 Å². The molecule has 0 N–H and O–H groups in total. The van der Waals surface area contributed by atoms with Crippen molar-refractivity contribution in [3.8, 4) is 0 Å². The van der Waals surface area contributed by atoms with Gasteiger partial charge in [0.25, 0.3) is 0 Å². The molecule has 1 saturated heterocycles. The van der Waals surface area contributed by atoms with Crippen molar-refractivity contribution in [2.75, 3.05) is 20.3 Å². The van der Waals surface area contributed by atoms with E-state index in [1.807, 2.05) is 0 Å². The molecule has 6 nitrogen and oxygen atoms in total. The van der Waals surface area contributed by atoms with Gasteiger partial charge in [-0.2, -0.15) is 4.98 Å². The smallest absolute Gasteiger partial charge is 0.308 e. The molecule has 1 aliphatic heterocycles. The van der Waals surface area contributed by atoms with Gasteiger partial charge < -0.3 is 14.0 Å². The van der Waals surface area contributed by atoms with E-state index in [-0.39, 0.29) is 17.8 Å². The van der Waals surface area contributed by atoms with Gasteiger partial charge in [0.05, 0.1) is 13.0 Å². The Labute approximate surface area is 124 Å². The summed E-state index contributed by atoms with van der Waals surface area (Å²) in [7, 11) is 1.45. The minimum absolute atomic E-state index is 0.0317. The predicted octanol–water partition coefficient (Wildman–Crippen LogP) is 2.10. The van der Waals surface area contributed by atoms with Crippen molar-refractivity contribution >= 4 is 5.97 Å². The van der Waals surface area contributed by atoms with E-state index in [2.05, 4.69) is 10.1 Å². The van der Waals surface area contributed by atoms with Crippen molar-refractivity contribution in [2.24, 2.45) is 11.8 Å². The normalized spacial score (nSPS) is 29.5. The summed E-state index contributed by atoms with van der Waals surface area (Å²) in [6, 6.07) is 0. The van der Waals surface area contributed by atoms with E-state index in [1.165, 1.54) is 7.11 Å². The summed E-state index contributed by atoms with van der Waals surface area (Å²) in [4.78, 5) is 16.1. The lowest BCUT2D eigenvalue weighted by atomic mass is 9.82. The summed E-state index contributed by atoms with van der Waals surface area (Å²) in [5, 5.41) is 4.09. The highest BCUT2D eigenvalue weighted by atomic mass is 16.5. The van der Waals surface area contributed by atoms with E-state index in [0.717, 1.165) is 63.5 Å². The quantitative estimate of drug-likeness (QED) is 0.792. The molecule has 0 aromatic carbocycles. The summed E-state index contributed by atoms with van der Waals surface area (Å²) < 4.78 is 15.6. The fourth-order valence-electron chi connectivity index (χ4n) is 3.26. The Kier molecular flexibility index (Phi) is 4.53. The van der Waals surface area contributed by atoms with Gasteiger partial charge in [0.15, 0.2) is 5.82 Å². The first-order valence-corrected chi connectivity index (χ1v) is 7.74. The van der Waals surface area contributed by atoms with E-state index < -0.39 is 0 Å². The maximum atomic E-state index is 11.5. The van der Waals surface area contributed by atoms with Crippen LogP contribution in [0.15, 0.2) is 4.52 Å². The lowest BCUT2D eigenvalue weighted by Gasteiger charge is -2.24. The number of nitrogens with zero attached hydrogens (tertiary/aromatic N) is 2. The molecule has 0 bridgehead atoms. The van der Waals surface area contributed by atoms with E-state index in [9.17, 15) is 4.79 Å². The van der Waals surface area contributed by atoms with Crippen molar-refractivity contribution in [3.05, 3.63) is 11.7 Å². The zero-order valence-electron chi connectivity index (χ0n) is 12.4. The Balaban J connectivity index is 1.53. The molecule has 21 heavy (non-hydrogen) atoms. The molecule has 1 aromatic heterocycles. The molecule has 1 saturated carbocycles. The first-order chi connectivity index (χ1) is 10.3. The Morgan fingerprint density at radius 3 is 2.76 bits per heavy atom. The first kappa shape index (κ1) is 14.5. The van der Waals surface area contributed by atoms with Gasteiger partial charge in [0.2, 0.25) is 5.89 Å². The SMILES string of the molecule is COC(=O)C1CCC(c2nc(CC3CCOC3)no2)CC1. The van der Waals surface area contributed by atoms with Crippen LogP contribution in [-0.2, 0) is 20.7 Å². The molecule has 1 aliphatic carbocycles. The zero-order chi connectivity index (χ0) is 14.7. The topological polar surface area (TPSA) is 74.5 Å². The molecule has 116 valence electrons. The molecule has 0 radical (unpaired) electrons. The van der Waals surface area contributed by atoms with Crippen molar-refractivity contribution in [2.45, 2.75) is 44.4 Å². The van der Waals surface area contributed by atoms with Crippen LogP contribution >= 0.6 is 0 Å². The van der Waals surface area contributed by atoms with Crippen LogP contribution in [0.4, 0.5) is 0 Å². The number of esters is 1. The minimum atomic E-state index is -0.0964. The Bertz CT molecular complexity index is 474. The number of ether oxygens (including phenoxy) is 2. The monoisotopic (exact) mass is 294 g/mol. The zero-order valence-corrected chi connectivity index (χ0v) is 12.4. The minimum Gasteiger partial charge on any atom is -0.469 e. The van der Waals surface area contributed by atoms with Gasteiger partial charge in [-0.25, -0.2) is 0 Å². The molecule has 1 aromatic rings. The van der Waals surface area contributed by atoms with Gasteiger partial charge in [0, 0.05) is 25.6 Å². The fourth-order valence-corrected chi connectivity index (χ4v) is 3.26. The average molecular weight is 294 g/mol. The summed E-state index contributed by atoms with van der Waals surface area (Å²) in [6.45, 7) is 1.64. The van der Waals surface area contributed by atoms with Gasteiger partial charge in [-0.05, 0) is 38.0 Å². The van der Waals surface area contributed by atoms with Gasteiger partial charge in [-0.3, -0.25) is 4.79 Å². The molecule has 2 fully saturated rings. The van der Waals surface area contributed by atoms with Crippen LogP contribution in [0.5, 0.6) is 0 Å².